The molecule has 6 heteroatoms. The van der Waals surface area contributed by atoms with Gasteiger partial charge < -0.3 is 0 Å². The van der Waals surface area contributed by atoms with Crippen molar-refractivity contribution in [2.24, 2.45) is 0 Å². The first kappa shape index (κ1) is 11.2. The number of rotatable bonds is 2. The van der Waals surface area contributed by atoms with Crippen molar-refractivity contribution >= 4 is 7.82 Å². The molecule has 78 valence electrons. The van der Waals surface area contributed by atoms with Crippen LogP contribution in [0.1, 0.15) is 17.0 Å². The van der Waals surface area contributed by atoms with Gasteiger partial charge in [-0.15, -0.1) is 0 Å². The number of aryl methyl sites for hydroxylation is 3. The molecule has 1 rings (SSSR count). The summed E-state index contributed by atoms with van der Waals surface area (Å²) in [5, 5.41) is 0. The lowest BCUT2D eigenvalue weighted by Crippen LogP contribution is -2.46. The number of phosphoric acid groups is 1. The van der Waals surface area contributed by atoms with Crippen LogP contribution in [0.3, 0.4) is 0 Å². The van der Waals surface area contributed by atoms with Gasteiger partial charge in [-0.2, -0.15) is 4.62 Å². The van der Waals surface area contributed by atoms with Gasteiger partial charge in [-0.25, -0.2) is 4.57 Å². The predicted octanol–water partition coefficient (Wildman–Crippen LogP) is 0.421. The van der Waals surface area contributed by atoms with Crippen LogP contribution in [0, 0.1) is 20.8 Å². The Morgan fingerprint density at radius 2 is 1.64 bits per heavy atom. The highest BCUT2D eigenvalue weighted by Gasteiger charge is 2.26. The second kappa shape index (κ2) is 3.69. The topological polar surface area (TPSA) is 70.6 Å². The quantitative estimate of drug-likeness (QED) is 0.557. The predicted molar refractivity (Wildman–Crippen MR) is 49.5 cm³/mol. The molecule has 0 aliphatic carbocycles. The van der Waals surface area contributed by atoms with Crippen LogP contribution in [0.4, 0.5) is 0 Å². The Balaban J connectivity index is 3.15. The SMILES string of the molecule is Cc1cc(C)[n+](OP(=O)(O)O)c(C)c1. The summed E-state index contributed by atoms with van der Waals surface area (Å²) >= 11 is 0. The molecule has 0 saturated heterocycles. The van der Waals surface area contributed by atoms with Crippen molar-refractivity contribution in [3.63, 3.8) is 0 Å². The van der Waals surface area contributed by atoms with Crippen LogP contribution in [-0.4, -0.2) is 9.79 Å². The zero-order valence-electron chi connectivity index (χ0n) is 8.26. The van der Waals surface area contributed by atoms with Crippen LogP contribution in [0.25, 0.3) is 0 Å². The first-order valence-electron chi connectivity index (χ1n) is 4.05. The smallest absolute Gasteiger partial charge is 0.290 e. The lowest BCUT2D eigenvalue weighted by Gasteiger charge is -2.04. The number of aromatic nitrogens is 1. The molecular weight excluding hydrogens is 205 g/mol. The normalized spacial score (nSPS) is 11.5. The van der Waals surface area contributed by atoms with Gasteiger partial charge in [0.1, 0.15) is 0 Å². The summed E-state index contributed by atoms with van der Waals surface area (Å²) in [7, 11) is -4.49. The molecule has 1 aromatic rings. The van der Waals surface area contributed by atoms with E-state index in [2.05, 4.69) is 4.62 Å². The van der Waals surface area contributed by atoms with Crippen LogP contribution in [0.15, 0.2) is 12.1 Å². The van der Waals surface area contributed by atoms with Crippen molar-refractivity contribution in [2.45, 2.75) is 20.8 Å². The van der Waals surface area contributed by atoms with Crippen molar-refractivity contribution in [1.82, 2.24) is 0 Å². The van der Waals surface area contributed by atoms with Crippen molar-refractivity contribution < 1.29 is 23.7 Å². The van der Waals surface area contributed by atoms with E-state index in [4.69, 9.17) is 9.79 Å². The maximum atomic E-state index is 10.6. The van der Waals surface area contributed by atoms with Gasteiger partial charge in [-0.05, 0) is 12.5 Å². The van der Waals surface area contributed by atoms with Gasteiger partial charge in [0.25, 0.3) is 0 Å². The molecule has 0 radical (unpaired) electrons. The maximum absolute atomic E-state index is 10.6. The molecule has 0 amide bonds. The molecule has 0 unspecified atom stereocenters. The first-order chi connectivity index (χ1) is 6.29. The van der Waals surface area contributed by atoms with Crippen LogP contribution < -0.4 is 9.35 Å². The lowest BCUT2D eigenvalue weighted by molar-refractivity contribution is -0.869. The monoisotopic (exact) mass is 218 g/mol. The largest absolute Gasteiger partial charge is 0.581 e. The van der Waals surface area contributed by atoms with Gasteiger partial charge in [0.2, 0.25) is 11.4 Å². The molecular formula is C8H13NO4P+. The fourth-order valence-corrected chi connectivity index (χ4v) is 1.80. The molecule has 14 heavy (non-hydrogen) atoms. The van der Waals surface area contributed by atoms with Gasteiger partial charge >= 0.3 is 7.82 Å². The summed E-state index contributed by atoms with van der Waals surface area (Å²) in [6.07, 6.45) is 0. The Morgan fingerprint density at radius 3 is 2.00 bits per heavy atom. The lowest BCUT2D eigenvalue weighted by atomic mass is 10.2. The second-order valence-corrected chi connectivity index (χ2v) is 4.33. The summed E-state index contributed by atoms with van der Waals surface area (Å²) in [5.41, 5.74) is 2.31. The van der Waals surface area contributed by atoms with E-state index in [0.717, 1.165) is 10.3 Å². The Labute approximate surface area is 82.2 Å². The summed E-state index contributed by atoms with van der Waals surface area (Å²) in [4.78, 5) is 17.3. The van der Waals surface area contributed by atoms with Crippen LogP contribution >= 0.6 is 7.82 Å². The highest BCUT2D eigenvalue weighted by molar-refractivity contribution is 7.46. The molecule has 0 aliphatic heterocycles. The summed E-state index contributed by atoms with van der Waals surface area (Å²) in [5.74, 6) is 0. The van der Waals surface area contributed by atoms with Gasteiger partial charge in [0.05, 0.1) is 0 Å². The molecule has 0 atom stereocenters. The molecule has 0 saturated carbocycles. The van der Waals surface area contributed by atoms with E-state index in [1.807, 2.05) is 6.92 Å². The molecule has 0 aromatic carbocycles. The summed E-state index contributed by atoms with van der Waals surface area (Å²) in [6.45, 7) is 5.34. The highest BCUT2D eigenvalue weighted by atomic mass is 31.2. The van der Waals surface area contributed by atoms with Gasteiger partial charge in [-0.1, -0.05) is 0 Å². The number of hydrogen-bond donors (Lipinski definition) is 2. The molecule has 5 nitrogen and oxygen atoms in total. The minimum Gasteiger partial charge on any atom is -0.290 e. The average Bonchev–Trinajstić information content (AvgIpc) is 1.95. The molecule has 0 aliphatic rings. The highest BCUT2D eigenvalue weighted by Crippen LogP contribution is 2.29. The Bertz CT molecular complexity index is 375. The third-order valence-corrected chi connectivity index (χ3v) is 2.08. The second-order valence-electron chi connectivity index (χ2n) is 3.18. The van der Waals surface area contributed by atoms with Gasteiger partial charge in [0, 0.05) is 30.7 Å². The molecule has 0 spiro atoms. The molecule has 2 N–H and O–H groups in total. The van der Waals surface area contributed by atoms with Gasteiger partial charge in [0.15, 0.2) is 0 Å². The van der Waals surface area contributed by atoms with Gasteiger partial charge in [-0.3, -0.25) is 9.79 Å². The first-order valence-corrected chi connectivity index (χ1v) is 5.58. The van der Waals surface area contributed by atoms with E-state index < -0.39 is 7.82 Å². The van der Waals surface area contributed by atoms with Crippen molar-refractivity contribution in [3.8, 4) is 0 Å². The minimum absolute atomic E-state index is 0.644. The van der Waals surface area contributed by atoms with E-state index in [1.165, 1.54) is 0 Å². The van der Waals surface area contributed by atoms with Crippen LogP contribution in [-0.2, 0) is 4.57 Å². The Kier molecular flexibility index (Phi) is 2.95. The fraction of sp³-hybridized carbons (Fsp3) is 0.375. The zero-order chi connectivity index (χ0) is 10.9. The summed E-state index contributed by atoms with van der Waals surface area (Å²) < 4.78 is 16.3. The summed E-state index contributed by atoms with van der Waals surface area (Å²) in [6, 6.07) is 3.56. The van der Waals surface area contributed by atoms with E-state index in [0.29, 0.717) is 11.4 Å². The molecule has 1 aromatic heterocycles. The van der Waals surface area contributed by atoms with Crippen LogP contribution in [0.5, 0.6) is 0 Å². The molecule has 0 fully saturated rings. The third kappa shape index (κ3) is 2.80. The van der Waals surface area contributed by atoms with E-state index >= 15 is 0 Å². The number of nitrogens with zero attached hydrogens (tertiary/aromatic N) is 1. The van der Waals surface area contributed by atoms with Crippen molar-refractivity contribution in [3.05, 3.63) is 29.1 Å². The average molecular weight is 218 g/mol. The number of pyridine rings is 1. The standard InChI is InChI=1S/C8H12NO4P/c1-6-4-7(2)9(8(3)5-6)13-14(10,11)12/h4-5H,1-3H3,(H-,10,11,12)/p+1. The number of hydrogen-bond acceptors (Lipinski definition) is 2. The Hall–Kier alpha value is -0.900. The fourth-order valence-electron chi connectivity index (χ4n) is 1.33. The van der Waals surface area contributed by atoms with E-state index in [-0.39, 0.29) is 0 Å². The molecule has 1 heterocycles. The van der Waals surface area contributed by atoms with Crippen LogP contribution in [0.2, 0.25) is 0 Å². The van der Waals surface area contributed by atoms with Crippen molar-refractivity contribution in [1.29, 1.82) is 0 Å². The minimum atomic E-state index is -4.49. The van der Waals surface area contributed by atoms with Crippen molar-refractivity contribution in [2.75, 3.05) is 0 Å². The Morgan fingerprint density at radius 1 is 1.21 bits per heavy atom. The third-order valence-electron chi connectivity index (χ3n) is 1.70. The maximum Gasteiger partial charge on any atom is 0.581 e. The van der Waals surface area contributed by atoms with E-state index in [9.17, 15) is 4.57 Å². The van der Waals surface area contributed by atoms with E-state index in [1.54, 1.807) is 26.0 Å². The molecule has 0 bridgehead atoms. The zero-order valence-corrected chi connectivity index (χ0v) is 9.15.